The van der Waals surface area contributed by atoms with Crippen LogP contribution in [0, 0.1) is 5.92 Å². The van der Waals surface area contributed by atoms with Crippen molar-refractivity contribution in [3.63, 3.8) is 0 Å². The third-order valence-electron chi connectivity index (χ3n) is 1.60. The minimum Gasteiger partial charge on any atom is -0.424 e. The second-order valence-electron chi connectivity index (χ2n) is 2.38. The molecule has 0 atom stereocenters. The van der Waals surface area contributed by atoms with Crippen LogP contribution in [0.3, 0.4) is 0 Å². The summed E-state index contributed by atoms with van der Waals surface area (Å²) < 4.78 is 0. The lowest BCUT2D eigenvalue weighted by Crippen LogP contribution is -2.07. The van der Waals surface area contributed by atoms with Crippen LogP contribution in [0.15, 0.2) is 12.1 Å². The van der Waals surface area contributed by atoms with Crippen molar-refractivity contribution in [3.05, 3.63) is 12.1 Å². The molecule has 0 saturated heterocycles. The summed E-state index contributed by atoms with van der Waals surface area (Å²) in [6, 6.07) is 0. The number of allylic oxidation sites excluding steroid dienone is 1. The van der Waals surface area contributed by atoms with Crippen molar-refractivity contribution in [1.82, 2.24) is 0 Å². The standard InChI is InChI=1S/C7H15BO2/c1-3-7(4-2)5-6-8(9)10/h5-7,9-10H,3-4H2,1-2H3/b6-5+. The third kappa shape index (κ3) is 4.59. The van der Waals surface area contributed by atoms with Crippen molar-refractivity contribution >= 4 is 7.12 Å². The highest BCUT2D eigenvalue weighted by molar-refractivity contribution is 6.47. The van der Waals surface area contributed by atoms with Crippen LogP contribution in [0.5, 0.6) is 0 Å². The molecule has 0 aromatic heterocycles. The van der Waals surface area contributed by atoms with Gasteiger partial charge < -0.3 is 10.0 Å². The Morgan fingerprint density at radius 2 is 1.80 bits per heavy atom. The lowest BCUT2D eigenvalue weighted by Gasteiger charge is -2.03. The van der Waals surface area contributed by atoms with Crippen LogP contribution < -0.4 is 0 Å². The molecule has 0 spiro atoms. The Kier molecular flexibility index (Phi) is 5.35. The van der Waals surface area contributed by atoms with Gasteiger partial charge in [-0.2, -0.15) is 0 Å². The van der Waals surface area contributed by atoms with Crippen LogP contribution in [0.4, 0.5) is 0 Å². The van der Waals surface area contributed by atoms with E-state index in [1.165, 1.54) is 5.98 Å². The van der Waals surface area contributed by atoms with Crippen LogP contribution >= 0.6 is 0 Å². The molecule has 58 valence electrons. The zero-order valence-corrected chi connectivity index (χ0v) is 6.62. The van der Waals surface area contributed by atoms with E-state index in [0.717, 1.165) is 12.8 Å². The summed E-state index contributed by atoms with van der Waals surface area (Å²) in [5, 5.41) is 16.9. The van der Waals surface area contributed by atoms with E-state index >= 15 is 0 Å². The summed E-state index contributed by atoms with van der Waals surface area (Å²) in [5.41, 5.74) is 0. The predicted molar refractivity (Wildman–Crippen MR) is 43.4 cm³/mol. The van der Waals surface area contributed by atoms with Crippen LogP contribution in [-0.2, 0) is 0 Å². The molecule has 10 heavy (non-hydrogen) atoms. The summed E-state index contributed by atoms with van der Waals surface area (Å²) in [6.45, 7) is 4.17. The van der Waals surface area contributed by atoms with Crippen molar-refractivity contribution in [1.29, 1.82) is 0 Å². The highest BCUT2D eigenvalue weighted by atomic mass is 16.4. The Labute approximate surface area is 62.7 Å². The molecular formula is C7H15BO2. The van der Waals surface area contributed by atoms with E-state index in [4.69, 9.17) is 10.0 Å². The Morgan fingerprint density at radius 1 is 1.30 bits per heavy atom. The second-order valence-corrected chi connectivity index (χ2v) is 2.38. The first kappa shape index (κ1) is 9.72. The molecule has 0 radical (unpaired) electrons. The van der Waals surface area contributed by atoms with Crippen molar-refractivity contribution in [2.24, 2.45) is 5.92 Å². The SMILES string of the molecule is CCC(/C=C/B(O)O)CC. The maximum Gasteiger partial charge on any atom is 0.480 e. The molecule has 0 aliphatic heterocycles. The first-order valence-corrected chi connectivity index (χ1v) is 3.75. The first-order chi connectivity index (χ1) is 4.70. The molecule has 0 fully saturated rings. The van der Waals surface area contributed by atoms with Crippen LogP contribution in [-0.4, -0.2) is 17.2 Å². The van der Waals surface area contributed by atoms with E-state index in [2.05, 4.69) is 13.8 Å². The van der Waals surface area contributed by atoms with Gasteiger partial charge in [0.25, 0.3) is 0 Å². The predicted octanol–water partition coefficient (Wildman–Crippen LogP) is 0.991. The van der Waals surface area contributed by atoms with E-state index < -0.39 is 7.12 Å². The molecule has 2 nitrogen and oxygen atoms in total. The van der Waals surface area contributed by atoms with E-state index in [9.17, 15) is 0 Å². The number of rotatable bonds is 4. The van der Waals surface area contributed by atoms with Crippen molar-refractivity contribution < 1.29 is 10.0 Å². The van der Waals surface area contributed by atoms with Gasteiger partial charge in [-0.25, -0.2) is 0 Å². The van der Waals surface area contributed by atoms with E-state index in [1.54, 1.807) is 0 Å². The highest BCUT2D eigenvalue weighted by Gasteiger charge is 2.01. The van der Waals surface area contributed by atoms with E-state index in [-0.39, 0.29) is 0 Å². The zero-order chi connectivity index (χ0) is 7.98. The molecule has 0 aliphatic carbocycles. The molecule has 0 heterocycles. The highest BCUT2D eigenvalue weighted by Crippen LogP contribution is 2.08. The summed E-state index contributed by atoms with van der Waals surface area (Å²) in [7, 11) is -1.29. The third-order valence-corrected chi connectivity index (χ3v) is 1.60. The minimum atomic E-state index is -1.29. The molecule has 0 saturated carbocycles. The Morgan fingerprint density at radius 3 is 2.10 bits per heavy atom. The van der Waals surface area contributed by atoms with Gasteiger partial charge in [0.2, 0.25) is 0 Å². The number of hydrogen-bond donors (Lipinski definition) is 2. The van der Waals surface area contributed by atoms with Crippen LogP contribution in [0.1, 0.15) is 26.7 Å². The summed E-state index contributed by atoms with van der Waals surface area (Å²) in [6.07, 6.45) is 3.96. The van der Waals surface area contributed by atoms with E-state index in [0.29, 0.717) is 5.92 Å². The lowest BCUT2D eigenvalue weighted by atomic mass is 9.88. The van der Waals surface area contributed by atoms with Gasteiger partial charge in [-0.15, -0.1) is 0 Å². The molecule has 0 rings (SSSR count). The average molecular weight is 142 g/mol. The Hall–Kier alpha value is -0.275. The Bertz CT molecular complexity index is 97.8. The molecule has 0 aromatic carbocycles. The van der Waals surface area contributed by atoms with E-state index in [1.807, 2.05) is 6.08 Å². The Balaban J connectivity index is 3.61. The fourth-order valence-electron chi connectivity index (χ4n) is 0.817. The molecule has 3 heteroatoms. The number of hydrogen-bond acceptors (Lipinski definition) is 2. The fraction of sp³-hybridized carbons (Fsp3) is 0.714. The van der Waals surface area contributed by atoms with Gasteiger partial charge in [-0.3, -0.25) is 0 Å². The average Bonchev–Trinajstić information content (AvgIpc) is 1.90. The second kappa shape index (κ2) is 5.51. The molecule has 0 aromatic rings. The van der Waals surface area contributed by atoms with Gasteiger partial charge in [0.15, 0.2) is 0 Å². The van der Waals surface area contributed by atoms with Crippen LogP contribution in [0.2, 0.25) is 0 Å². The molecule has 0 aliphatic rings. The molecule has 0 unspecified atom stereocenters. The zero-order valence-electron chi connectivity index (χ0n) is 6.62. The topological polar surface area (TPSA) is 40.5 Å². The van der Waals surface area contributed by atoms with Crippen molar-refractivity contribution in [2.45, 2.75) is 26.7 Å². The quantitative estimate of drug-likeness (QED) is 0.574. The lowest BCUT2D eigenvalue weighted by molar-refractivity contribution is 0.423. The van der Waals surface area contributed by atoms with Gasteiger partial charge in [0, 0.05) is 0 Å². The maximum absolute atomic E-state index is 8.46. The van der Waals surface area contributed by atoms with Gasteiger partial charge >= 0.3 is 7.12 Å². The largest absolute Gasteiger partial charge is 0.480 e. The molecule has 2 N–H and O–H groups in total. The van der Waals surface area contributed by atoms with Gasteiger partial charge in [-0.1, -0.05) is 25.9 Å². The monoisotopic (exact) mass is 142 g/mol. The van der Waals surface area contributed by atoms with Gasteiger partial charge in [-0.05, 0) is 18.8 Å². The molecular weight excluding hydrogens is 127 g/mol. The molecule has 0 bridgehead atoms. The van der Waals surface area contributed by atoms with Crippen LogP contribution in [0.25, 0.3) is 0 Å². The summed E-state index contributed by atoms with van der Waals surface area (Å²) >= 11 is 0. The normalized spacial score (nSPS) is 11.3. The van der Waals surface area contributed by atoms with Gasteiger partial charge in [0.1, 0.15) is 0 Å². The molecule has 0 amide bonds. The van der Waals surface area contributed by atoms with Crippen molar-refractivity contribution in [2.75, 3.05) is 0 Å². The minimum absolute atomic E-state index is 0.488. The summed E-state index contributed by atoms with van der Waals surface area (Å²) in [5.74, 6) is 1.90. The fourth-order valence-corrected chi connectivity index (χ4v) is 0.817. The van der Waals surface area contributed by atoms with Gasteiger partial charge in [0.05, 0.1) is 0 Å². The smallest absolute Gasteiger partial charge is 0.424 e. The van der Waals surface area contributed by atoms with Crippen molar-refractivity contribution in [3.8, 4) is 0 Å². The first-order valence-electron chi connectivity index (χ1n) is 3.75. The maximum atomic E-state index is 8.46. The summed E-state index contributed by atoms with van der Waals surface area (Å²) in [4.78, 5) is 0.